The topological polar surface area (TPSA) is 57.2 Å². The minimum atomic E-state index is -8.74. The van der Waals surface area contributed by atoms with Gasteiger partial charge in [0.1, 0.15) is 0 Å². The quantitative estimate of drug-likeness (QED) is 0.275. The van der Waals surface area contributed by atoms with Gasteiger partial charge in [-0.2, -0.15) is 61.5 Å². The molecule has 3 nitrogen and oxygen atoms in total. The molecule has 0 heterocycles. The molecule has 0 rings (SSSR count). The van der Waals surface area contributed by atoms with E-state index in [1.54, 1.807) is 0 Å². The van der Waals surface area contributed by atoms with Crippen molar-refractivity contribution in [3.8, 4) is 0 Å². The fourth-order valence-electron chi connectivity index (χ4n) is 1.28. The molecule has 0 aliphatic rings. The molecule has 0 aromatic rings. The van der Waals surface area contributed by atoms with E-state index in [9.17, 15) is 83.2 Å². The molecule has 0 fully saturated rings. The van der Waals surface area contributed by atoms with Gasteiger partial charge in [-0.1, -0.05) is 0 Å². The Morgan fingerprint density at radius 1 is 0.552 bits per heavy atom. The van der Waals surface area contributed by atoms with Crippen molar-refractivity contribution in [1.82, 2.24) is 0 Å². The van der Waals surface area contributed by atoms with Crippen molar-refractivity contribution in [3.05, 3.63) is 0 Å². The average molecular weight is 520 g/mol. The van der Waals surface area contributed by atoms with Gasteiger partial charge in [0.15, 0.2) is 10.1 Å². The van der Waals surface area contributed by atoms with E-state index < -0.39 is 57.3 Å². The van der Waals surface area contributed by atoms with E-state index in [0.717, 1.165) is 0 Å². The van der Waals surface area contributed by atoms with E-state index in [1.165, 1.54) is 0 Å². The van der Waals surface area contributed by atoms with Gasteiger partial charge in [-0.15, -0.1) is 0 Å². The third-order valence-electron chi connectivity index (χ3n) is 2.95. The second-order valence-electron chi connectivity index (χ2n) is 4.77. The second kappa shape index (κ2) is 8.09. The molecule has 0 saturated heterocycles. The fourth-order valence-corrected chi connectivity index (χ4v) is 1.72. The van der Waals surface area contributed by atoms with Crippen LogP contribution in [0, 0.1) is 0 Å². The Kier molecular flexibility index (Phi) is 8.81. The van der Waals surface area contributed by atoms with Crippen molar-refractivity contribution in [2.24, 2.45) is 0 Å². The minimum Gasteiger partial charge on any atom is -0.743 e. The van der Waals surface area contributed by atoms with Gasteiger partial charge in [0.2, 0.25) is 0 Å². The van der Waals surface area contributed by atoms with Gasteiger partial charge < -0.3 is 4.55 Å². The maximum absolute atomic E-state index is 13.0. The Morgan fingerprint density at radius 3 is 1.03 bits per heavy atom. The van der Waals surface area contributed by atoms with Gasteiger partial charge in [0.05, 0.1) is 0 Å². The van der Waals surface area contributed by atoms with Crippen molar-refractivity contribution in [2.75, 3.05) is 0 Å². The number of hydrogen-bond donors (Lipinski definition) is 0. The maximum Gasteiger partial charge on any atom is 1.00 e. The average Bonchev–Trinajstić information content (AvgIpc) is 2.44. The SMILES string of the molecule is O=S(=O)([O-])C(F)(F)C(F)(F)C(F)(F)C(F)(F)C(F)(F)C(F)(F)C(F)(F)C(F)F.[K+]. The zero-order chi connectivity index (χ0) is 23.6. The van der Waals surface area contributed by atoms with Crippen molar-refractivity contribution < 1.29 is 135 Å². The Bertz CT molecular complexity index is 701. The Hall–Kier alpha value is 0.426. The third kappa shape index (κ3) is 4.12. The van der Waals surface area contributed by atoms with E-state index in [0.29, 0.717) is 0 Å². The normalized spacial score (nSPS) is 16.1. The number of hydrogen-bond acceptors (Lipinski definition) is 3. The zero-order valence-electron chi connectivity index (χ0n) is 12.8. The molecule has 0 unspecified atom stereocenters. The summed E-state index contributed by atoms with van der Waals surface area (Å²) in [6.07, 6.45) is -5.98. The van der Waals surface area contributed by atoms with Gasteiger partial charge in [-0.3, -0.25) is 0 Å². The molecule has 0 atom stereocenters. The largest absolute Gasteiger partial charge is 1.00 e. The second-order valence-corrected chi connectivity index (χ2v) is 6.19. The van der Waals surface area contributed by atoms with E-state index in [2.05, 4.69) is 0 Å². The molecule has 0 bridgehead atoms. The van der Waals surface area contributed by atoms with Crippen LogP contribution >= 0.6 is 0 Å². The predicted octanol–water partition coefficient (Wildman–Crippen LogP) is 1.21. The van der Waals surface area contributed by atoms with Gasteiger partial charge in [0, 0.05) is 0 Å². The van der Waals surface area contributed by atoms with E-state index in [4.69, 9.17) is 0 Å². The van der Waals surface area contributed by atoms with E-state index in [1.807, 2.05) is 0 Å². The smallest absolute Gasteiger partial charge is 0.743 e. The van der Waals surface area contributed by atoms with Gasteiger partial charge >= 0.3 is 98.6 Å². The monoisotopic (exact) mass is 520 g/mol. The molecular formula is C8HF16KO3S. The molecule has 0 aliphatic carbocycles. The van der Waals surface area contributed by atoms with Crippen LogP contribution in [-0.4, -0.2) is 60.2 Å². The first-order valence-electron chi connectivity index (χ1n) is 5.57. The van der Waals surface area contributed by atoms with Crippen LogP contribution in [0.25, 0.3) is 0 Å². The van der Waals surface area contributed by atoms with Crippen LogP contribution in [0.3, 0.4) is 0 Å². The van der Waals surface area contributed by atoms with Crippen LogP contribution in [-0.2, 0) is 10.1 Å². The summed E-state index contributed by atoms with van der Waals surface area (Å²) in [4.78, 5) is 0. The van der Waals surface area contributed by atoms with Crippen LogP contribution in [0.4, 0.5) is 70.2 Å². The first-order valence-corrected chi connectivity index (χ1v) is 6.98. The molecule has 0 amide bonds. The molecule has 0 saturated carbocycles. The van der Waals surface area contributed by atoms with Gasteiger partial charge in [-0.25, -0.2) is 17.2 Å². The van der Waals surface area contributed by atoms with E-state index >= 15 is 0 Å². The standard InChI is InChI=1S/C8H2F16O3S.K/c9-1(10)2(11,12)3(13,14)4(15,16)5(17,18)6(19,20)7(21,22)8(23,24)28(25,26)27;/h1H,(H,25,26,27);/q;+1/p-1. The number of alkyl halides is 16. The molecule has 170 valence electrons. The summed E-state index contributed by atoms with van der Waals surface area (Å²) < 4.78 is 232. The maximum atomic E-state index is 13.0. The zero-order valence-corrected chi connectivity index (χ0v) is 16.7. The summed E-state index contributed by atoms with van der Waals surface area (Å²) in [7, 11) is -8.07. The summed E-state index contributed by atoms with van der Waals surface area (Å²) in [5.74, 6) is -50.3. The van der Waals surface area contributed by atoms with Crippen molar-refractivity contribution in [2.45, 2.75) is 47.2 Å². The fraction of sp³-hybridized carbons (Fsp3) is 1.00. The summed E-state index contributed by atoms with van der Waals surface area (Å²) in [5.41, 5.74) is 0. The van der Waals surface area contributed by atoms with Crippen LogP contribution in [0.15, 0.2) is 0 Å². The molecule has 0 spiro atoms. The van der Waals surface area contributed by atoms with Crippen molar-refractivity contribution in [3.63, 3.8) is 0 Å². The molecule has 29 heavy (non-hydrogen) atoms. The van der Waals surface area contributed by atoms with Crippen LogP contribution in [0.2, 0.25) is 0 Å². The molecule has 21 heteroatoms. The Labute approximate surface area is 190 Å². The summed E-state index contributed by atoms with van der Waals surface area (Å²) in [5, 5.41) is -7.87. The summed E-state index contributed by atoms with van der Waals surface area (Å²) in [6.45, 7) is 0. The molecule has 0 aromatic heterocycles. The summed E-state index contributed by atoms with van der Waals surface area (Å²) in [6, 6.07) is 0. The first kappa shape index (κ1) is 31.6. The van der Waals surface area contributed by atoms with Crippen LogP contribution in [0.5, 0.6) is 0 Å². The number of rotatable bonds is 8. The van der Waals surface area contributed by atoms with Crippen LogP contribution in [0.1, 0.15) is 0 Å². The molecular weight excluding hydrogens is 519 g/mol. The van der Waals surface area contributed by atoms with Crippen molar-refractivity contribution >= 4 is 10.1 Å². The molecule has 0 aliphatic heterocycles. The predicted molar refractivity (Wildman–Crippen MR) is 50.3 cm³/mol. The third-order valence-corrected chi connectivity index (χ3v) is 3.83. The number of halogens is 16. The Balaban J connectivity index is 0. The summed E-state index contributed by atoms with van der Waals surface area (Å²) >= 11 is 0. The minimum absolute atomic E-state index is 0. The van der Waals surface area contributed by atoms with Gasteiger partial charge in [0.25, 0.3) is 0 Å². The van der Waals surface area contributed by atoms with E-state index in [-0.39, 0.29) is 51.4 Å². The molecule has 0 N–H and O–H groups in total. The first-order chi connectivity index (χ1) is 11.7. The van der Waals surface area contributed by atoms with Crippen LogP contribution < -0.4 is 51.4 Å². The Morgan fingerprint density at radius 2 is 0.793 bits per heavy atom. The molecule has 0 aromatic carbocycles. The molecule has 0 radical (unpaired) electrons. The van der Waals surface area contributed by atoms with Gasteiger partial charge in [-0.05, 0) is 0 Å². The van der Waals surface area contributed by atoms with Crippen molar-refractivity contribution in [1.29, 1.82) is 0 Å².